The number of aromatic nitrogens is 4. The van der Waals surface area contributed by atoms with Gasteiger partial charge >= 0.3 is 59.1 Å². The smallest absolute Gasteiger partial charge is 0.506 e. The molecule has 2 aromatic heterocycles. The van der Waals surface area contributed by atoms with Gasteiger partial charge in [0.15, 0.2) is 0 Å². The number of hydrogen-bond donors (Lipinski definition) is 4. The molecule has 0 saturated carbocycles. The van der Waals surface area contributed by atoms with Crippen LogP contribution in [0, 0.1) is 13.8 Å². The minimum Gasteiger partial charge on any atom is -0.506 e. The van der Waals surface area contributed by atoms with Crippen molar-refractivity contribution in [3.05, 3.63) is 127 Å². The fourth-order valence-corrected chi connectivity index (χ4v) is 5.96. The number of hydrogen-bond acceptors (Lipinski definition) is 14. The number of aromatic hydroxyl groups is 2. The number of aryl methyl sites for hydroxylation is 2. The van der Waals surface area contributed by atoms with Crippen molar-refractivity contribution in [2.75, 3.05) is 0 Å². The summed E-state index contributed by atoms with van der Waals surface area (Å²) in [6.07, 6.45) is 0. The molecular weight excluding hydrogens is 892 g/mol. The maximum Gasteiger partial charge on any atom is 1.00 e. The maximum absolute atomic E-state index is 12.6. The standard InChI is InChI=1S/2C16H13ClN5O4S.Co.2Na/c2*1-9-15(16(24)22(21-9)11-4-2-3-10(17)7-11)20-19-13-8-12(27(18,25)26)5-6-14(13)23;;;/h2*2-8,23H,1H3,(H2,18,25,26);;;/q2*-1;;2*+1. The number of primary sulfonamides is 2. The van der Waals surface area contributed by atoms with Crippen molar-refractivity contribution < 1.29 is 103 Å². The molecule has 6 N–H and O–H groups in total. The van der Waals surface area contributed by atoms with Crippen LogP contribution in [0.15, 0.2) is 125 Å². The molecule has 0 aliphatic rings. The summed E-state index contributed by atoms with van der Waals surface area (Å²) in [7, 11) is -7.96. The van der Waals surface area contributed by atoms with Crippen LogP contribution < -0.4 is 80.5 Å². The Kier molecular flexibility index (Phi) is 17.9. The average molecular weight is 919 g/mol. The predicted octanol–water partition coefficient (Wildman–Crippen LogP) is -0.631. The van der Waals surface area contributed by atoms with Gasteiger partial charge in [-0.15, -0.1) is 11.4 Å². The fourth-order valence-electron chi connectivity index (χ4n) is 4.52. The minimum absolute atomic E-state index is 0. The van der Waals surface area contributed by atoms with E-state index in [1.54, 1.807) is 62.4 Å². The van der Waals surface area contributed by atoms with E-state index in [1.165, 1.54) is 0 Å². The van der Waals surface area contributed by atoms with E-state index < -0.39 is 31.2 Å². The zero-order valence-electron chi connectivity index (χ0n) is 30.1. The molecule has 0 aliphatic heterocycles. The number of benzene rings is 4. The van der Waals surface area contributed by atoms with E-state index in [4.69, 9.17) is 33.5 Å². The molecule has 25 heteroatoms. The summed E-state index contributed by atoms with van der Waals surface area (Å²) < 4.78 is 47.9. The Labute approximate surface area is 388 Å². The number of phenols is 2. The van der Waals surface area contributed by atoms with Crippen LogP contribution in [0.5, 0.6) is 11.5 Å². The summed E-state index contributed by atoms with van der Waals surface area (Å²) in [5.74, 6) is -0.642. The van der Waals surface area contributed by atoms with Gasteiger partial charge in [0, 0.05) is 26.8 Å². The third-order valence-corrected chi connectivity index (χ3v) is 9.44. The Morgan fingerprint density at radius 3 is 1.30 bits per heavy atom. The van der Waals surface area contributed by atoms with E-state index in [2.05, 4.69) is 30.7 Å². The van der Waals surface area contributed by atoms with Crippen LogP contribution in [0.3, 0.4) is 0 Å². The molecule has 18 nitrogen and oxygen atoms in total. The van der Waals surface area contributed by atoms with Gasteiger partial charge in [-0.1, -0.05) is 60.6 Å². The zero-order chi connectivity index (χ0) is 39.5. The predicted molar refractivity (Wildman–Crippen MR) is 198 cm³/mol. The van der Waals surface area contributed by atoms with Crippen LogP contribution in [0.4, 0.5) is 22.7 Å². The van der Waals surface area contributed by atoms with Crippen molar-refractivity contribution >= 4 is 66.0 Å². The molecule has 57 heavy (non-hydrogen) atoms. The van der Waals surface area contributed by atoms with Crippen LogP contribution in [-0.2, 0) is 36.8 Å². The molecule has 6 rings (SSSR count). The number of sulfonamides is 2. The number of azo groups is 2. The second-order valence-corrected chi connectivity index (χ2v) is 15.0. The number of phenolic OH excluding ortho intramolecular Hbond substituents is 2. The third kappa shape index (κ3) is 12.3. The zero-order valence-corrected chi connectivity index (χ0v) is 38.3. The number of nitrogens with zero attached hydrogens (tertiary/aromatic N) is 8. The maximum atomic E-state index is 12.6. The van der Waals surface area contributed by atoms with E-state index in [0.29, 0.717) is 32.8 Å². The third-order valence-electron chi connectivity index (χ3n) is 7.15. The summed E-state index contributed by atoms with van der Waals surface area (Å²) in [5, 5.41) is 54.1. The molecule has 2 heterocycles. The number of nitrogens with two attached hydrogens (primary N) is 2. The molecule has 0 amide bonds. The van der Waals surface area contributed by atoms with Gasteiger partial charge in [0.2, 0.25) is 20.0 Å². The van der Waals surface area contributed by atoms with Gasteiger partial charge in [-0.25, -0.2) is 46.7 Å². The molecule has 289 valence electrons. The molecule has 0 saturated heterocycles. The average Bonchev–Trinajstić information content (AvgIpc) is 3.55. The molecule has 0 atom stereocenters. The van der Waals surface area contributed by atoms with E-state index in [1.807, 2.05) is 0 Å². The van der Waals surface area contributed by atoms with Gasteiger partial charge in [-0.05, 0) is 72.8 Å². The van der Waals surface area contributed by atoms with Crippen molar-refractivity contribution in [2.24, 2.45) is 30.7 Å². The van der Waals surface area contributed by atoms with Crippen LogP contribution in [0.1, 0.15) is 11.4 Å². The summed E-state index contributed by atoms with van der Waals surface area (Å²) in [6.45, 7) is 3.13. The molecule has 0 spiro atoms. The quantitative estimate of drug-likeness (QED) is 0.0852. The van der Waals surface area contributed by atoms with Gasteiger partial charge in [-0.2, -0.15) is 10.2 Å². The summed E-state index contributed by atoms with van der Waals surface area (Å²) in [4.78, 5) is 24.6. The first-order valence-electron chi connectivity index (χ1n) is 14.9. The van der Waals surface area contributed by atoms with Crippen LogP contribution in [0.2, 0.25) is 10.0 Å². The van der Waals surface area contributed by atoms with Crippen molar-refractivity contribution in [2.45, 2.75) is 23.6 Å². The number of halogens is 2. The SMILES string of the molecule is Cc1nn(-c2cccc(Cl)c2)c(=O)[c-]1N=Nc1cc(S(N)(=O)=O)ccc1O.Cc1nn(-c2cccc(Cl)c2)c(=O)[c-]1N=Nc1cc(S(N)(=O)=O)ccc1O.[Co].[Na+].[Na+]. The van der Waals surface area contributed by atoms with Gasteiger partial charge < -0.3 is 30.0 Å². The van der Waals surface area contributed by atoms with Crippen LogP contribution in [-0.4, -0.2) is 46.6 Å². The van der Waals surface area contributed by atoms with Gasteiger partial charge in [-0.3, -0.25) is 0 Å². The van der Waals surface area contributed by atoms with Gasteiger partial charge in [0.05, 0.1) is 21.2 Å². The molecule has 0 bridgehead atoms. The first kappa shape index (κ1) is 49.8. The first-order chi connectivity index (χ1) is 25.3. The Balaban J connectivity index is 0.000000374. The van der Waals surface area contributed by atoms with E-state index >= 15 is 0 Å². The van der Waals surface area contributed by atoms with Gasteiger partial charge in [0.1, 0.15) is 34.0 Å². The van der Waals surface area contributed by atoms with Crippen LogP contribution >= 0.6 is 23.2 Å². The molecule has 0 fully saturated rings. The summed E-state index contributed by atoms with van der Waals surface area (Å²) in [6, 6.07) is 19.7. The van der Waals surface area contributed by atoms with Crippen molar-refractivity contribution in [1.82, 2.24) is 19.6 Å². The number of rotatable bonds is 8. The van der Waals surface area contributed by atoms with Crippen molar-refractivity contribution in [1.29, 1.82) is 0 Å². The Bertz CT molecular complexity index is 2640. The molecule has 1 radical (unpaired) electrons. The second-order valence-electron chi connectivity index (χ2n) is 11.1. The van der Waals surface area contributed by atoms with Crippen LogP contribution in [0.25, 0.3) is 11.4 Å². The van der Waals surface area contributed by atoms with E-state index in [9.17, 15) is 36.6 Å². The molecule has 4 aromatic carbocycles. The Morgan fingerprint density at radius 1 is 0.632 bits per heavy atom. The summed E-state index contributed by atoms with van der Waals surface area (Å²) >= 11 is 11.9. The van der Waals surface area contributed by atoms with Crippen molar-refractivity contribution in [3.8, 4) is 22.9 Å². The van der Waals surface area contributed by atoms with E-state index in [0.717, 1.165) is 45.8 Å². The Hall–Kier alpha value is -3.39. The normalized spacial score (nSPS) is 11.3. The topological polar surface area (TPSA) is 280 Å². The minimum atomic E-state index is -3.98. The van der Waals surface area contributed by atoms with Crippen molar-refractivity contribution in [3.63, 3.8) is 0 Å². The second kappa shape index (κ2) is 20.5. The Morgan fingerprint density at radius 2 is 0.982 bits per heavy atom. The fraction of sp³-hybridized carbons (Fsp3) is 0.0625. The van der Waals surface area contributed by atoms with E-state index in [-0.39, 0.29) is 120 Å². The first-order valence-corrected chi connectivity index (χ1v) is 18.8. The molecule has 0 unspecified atom stereocenters. The largest absolute Gasteiger partial charge is 1.00 e. The molecular formula is C32H26Cl2CoN10Na2O8S2. The monoisotopic (exact) mass is 917 g/mol. The summed E-state index contributed by atoms with van der Waals surface area (Å²) in [5.41, 5.74) is -0.0116. The van der Waals surface area contributed by atoms with Gasteiger partial charge in [0.25, 0.3) is 0 Å². The molecule has 6 aromatic rings. The molecule has 0 aliphatic carbocycles.